The van der Waals surface area contributed by atoms with Crippen molar-refractivity contribution in [3.05, 3.63) is 35.8 Å². The molecule has 0 radical (unpaired) electrons. The first-order valence-corrected chi connectivity index (χ1v) is 9.16. The predicted molar refractivity (Wildman–Crippen MR) is 97.6 cm³/mol. The molecule has 1 atom stereocenters. The average molecular weight is 339 g/mol. The number of aliphatic hydroxyl groups excluding tert-OH is 1. The number of fused-ring (bicyclic) bond motifs is 1. The summed E-state index contributed by atoms with van der Waals surface area (Å²) in [5, 5.41) is 9.60. The number of nitrogens with zero attached hydrogens (tertiary/aromatic N) is 5. The summed E-state index contributed by atoms with van der Waals surface area (Å²) in [6, 6.07) is 3.95. The van der Waals surface area contributed by atoms with Gasteiger partial charge >= 0.3 is 0 Å². The molecule has 6 heteroatoms. The molecule has 2 aromatic heterocycles. The van der Waals surface area contributed by atoms with Gasteiger partial charge in [0.05, 0.1) is 6.10 Å². The number of anilines is 1. The lowest BCUT2D eigenvalue weighted by molar-refractivity contribution is 0.122. The molecule has 4 rings (SSSR count). The van der Waals surface area contributed by atoms with E-state index in [1.165, 1.54) is 17.7 Å². The van der Waals surface area contributed by atoms with Crippen LogP contribution in [0.25, 0.3) is 11.4 Å². The smallest absolute Gasteiger partial charge is 0.161 e. The highest BCUT2D eigenvalue weighted by Crippen LogP contribution is 2.31. The molecule has 2 aliphatic rings. The summed E-state index contributed by atoms with van der Waals surface area (Å²) < 4.78 is 0. The van der Waals surface area contributed by atoms with Crippen molar-refractivity contribution in [3.8, 4) is 11.4 Å². The lowest BCUT2D eigenvalue weighted by Gasteiger charge is -2.36. The Morgan fingerprint density at radius 3 is 2.56 bits per heavy atom. The Morgan fingerprint density at radius 1 is 1.08 bits per heavy atom. The first-order valence-electron chi connectivity index (χ1n) is 9.16. The Kier molecular flexibility index (Phi) is 4.63. The fourth-order valence-electron chi connectivity index (χ4n) is 3.82. The SMILES string of the molecule is C[C@@H](O)CN1CCN(c2nc(-c3ccncc3)nc3c2CCC3)CC1. The monoisotopic (exact) mass is 339 g/mol. The molecule has 2 aromatic rings. The number of pyridine rings is 1. The third kappa shape index (κ3) is 3.50. The number of aliphatic hydroxyl groups is 1. The van der Waals surface area contributed by atoms with Crippen LogP contribution in [0.15, 0.2) is 24.5 Å². The molecule has 1 N–H and O–H groups in total. The van der Waals surface area contributed by atoms with Gasteiger partial charge in [-0.2, -0.15) is 0 Å². The summed E-state index contributed by atoms with van der Waals surface area (Å²) in [6.07, 6.45) is 6.60. The minimum absolute atomic E-state index is 0.270. The normalized spacial score (nSPS) is 19.0. The number of aryl methyl sites for hydroxylation is 1. The van der Waals surface area contributed by atoms with Gasteiger partial charge < -0.3 is 10.0 Å². The molecular weight excluding hydrogens is 314 g/mol. The molecule has 0 saturated carbocycles. The van der Waals surface area contributed by atoms with Crippen molar-refractivity contribution in [1.82, 2.24) is 19.9 Å². The number of aromatic nitrogens is 3. The van der Waals surface area contributed by atoms with E-state index in [2.05, 4.69) is 14.8 Å². The minimum Gasteiger partial charge on any atom is -0.392 e. The Hall–Kier alpha value is -2.05. The molecule has 0 amide bonds. The van der Waals surface area contributed by atoms with Crippen molar-refractivity contribution in [2.24, 2.45) is 0 Å². The van der Waals surface area contributed by atoms with Crippen molar-refractivity contribution in [1.29, 1.82) is 0 Å². The second-order valence-electron chi connectivity index (χ2n) is 7.02. The van der Waals surface area contributed by atoms with E-state index in [0.717, 1.165) is 62.8 Å². The van der Waals surface area contributed by atoms with Crippen molar-refractivity contribution in [2.45, 2.75) is 32.3 Å². The molecule has 1 aliphatic heterocycles. The Bertz CT molecular complexity index is 726. The molecule has 1 aliphatic carbocycles. The Labute approximate surface area is 148 Å². The lowest BCUT2D eigenvalue weighted by atomic mass is 10.1. The maximum atomic E-state index is 9.60. The van der Waals surface area contributed by atoms with E-state index < -0.39 is 0 Å². The van der Waals surface area contributed by atoms with Crippen LogP contribution in [-0.4, -0.2) is 63.8 Å². The zero-order valence-corrected chi connectivity index (χ0v) is 14.7. The van der Waals surface area contributed by atoms with Gasteiger partial charge in [0.1, 0.15) is 5.82 Å². The van der Waals surface area contributed by atoms with Gasteiger partial charge in [-0.15, -0.1) is 0 Å². The van der Waals surface area contributed by atoms with E-state index in [1.807, 2.05) is 19.1 Å². The van der Waals surface area contributed by atoms with Gasteiger partial charge in [-0.3, -0.25) is 9.88 Å². The van der Waals surface area contributed by atoms with E-state index in [4.69, 9.17) is 9.97 Å². The van der Waals surface area contributed by atoms with E-state index in [-0.39, 0.29) is 6.10 Å². The first-order chi connectivity index (χ1) is 12.2. The molecule has 0 aromatic carbocycles. The molecule has 3 heterocycles. The maximum Gasteiger partial charge on any atom is 0.161 e. The summed E-state index contributed by atoms with van der Waals surface area (Å²) in [4.78, 5) is 18.6. The average Bonchev–Trinajstić information content (AvgIpc) is 3.10. The highest BCUT2D eigenvalue weighted by Gasteiger charge is 2.26. The Morgan fingerprint density at radius 2 is 1.84 bits per heavy atom. The highest BCUT2D eigenvalue weighted by molar-refractivity contribution is 5.61. The standard InChI is InChI=1S/C19H25N5O/c1-14(25)13-23-9-11-24(12-10-23)19-16-3-2-4-17(16)21-18(22-19)15-5-7-20-8-6-15/h5-8,14,25H,2-4,9-13H2,1H3/t14-/m1/s1. The van der Waals surface area contributed by atoms with Gasteiger partial charge in [0.2, 0.25) is 0 Å². The first kappa shape index (κ1) is 16.4. The van der Waals surface area contributed by atoms with Crippen LogP contribution in [-0.2, 0) is 12.8 Å². The van der Waals surface area contributed by atoms with E-state index in [0.29, 0.717) is 0 Å². The number of hydrogen-bond acceptors (Lipinski definition) is 6. The van der Waals surface area contributed by atoms with Crippen molar-refractivity contribution in [3.63, 3.8) is 0 Å². The number of rotatable bonds is 4. The van der Waals surface area contributed by atoms with Crippen LogP contribution in [0.3, 0.4) is 0 Å². The van der Waals surface area contributed by atoms with Gasteiger partial charge in [-0.05, 0) is 38.3 Å². The molecule has 132 valence electrons. The number of hydrogen-bond donors (Lipinski definition) is 1. The molecule has 0 bridgehead atoms. The van der Waals surface area contributed by atoms with Crippen LogP contribution in [0.4, 0.5) is 5.82 Å². The molecule has 0 unspecified atom stereocenters. The molecular formula is C19H25N5O. The van der Waals surface area contributed by atoms with E-state index in [1.54, 1.807) is 12.4 Å². The summed E-state index contributed by atoms with van der Waals surface area (Å²) in [7, 11) is 0. The van der Waals surface area contributed by atoms with Crippen molar-refractivity contribution in [2.75, 3.05) is 37.6 Å². The van der Waals surface area contributed by atoms with Crippen molar-refractivity contribution < 1.29 is 5.11 Å². The zero-order valence-electron chi connectivity index (χ0n) is 14.7. The van der Waals surface area contributed by atoms with Gasteiger partial charge in [0, 0.05) is 61.9 Å². The Balaban J connectivity index is 1.60. The van der Waals surface area contributed by atoms with E-state index >= 15 is 0 Å². The third-order valence-electron chi connectivity index (χ3n) is 5.04. The number of β-amino-alcohol motifs (C(OH)–C–C–N with tert-alkyl or cyclic N) is 1. The van der Waals surface area contributed by atoms with Crippen LogP contribution in [0.2, 0.25) is 0 Å². The van der Waals surface area contributed by atoms with Crippen LogP contribution in [0, 0.1) is 0 Å². The van der Waals surface area contributed by atoms with Crippen LogP contribution >= 0.6 is 0 Å². The summed E-state index contributed by atoms with van der Waals surface area (Å²) in [6.45, 7) is 6.43. The fourth-order valence-corrected chi connectivity index (χ4v) is 3.82. The summed E-state index contributed by atoms with van der Waals surface area (Å²) in [5.74, 6) is 1.93. The quantitative estimate of drug-likeness (QED) is 0.911. The van der Waals surface area contributed by atoms with Gasteiger partial charge in [-0.1, -0.05) is 0 Å². The largest absolute Gasteiger partial charge is 0.392 e. The lowest BCUT2D eigenvalue weighted by Crippen LogP contribution is -2.48. The topological polar surface area (TPSA) is 65.4 Å². The van der Waals surface area contributed by atoms with Crippen LogP contribution < -0.4 is 4.90 Å². The van der Waals surface area contributed by atoms with Gasteiger partial charge in [0.25, 0.3) is 0 Å². The minimum atomic E-state index is -0.270. The van der Waals surface area contributed by atoms with Gasteiger partial charge in [0.15, 0.2) is 5.82 Å². The number of piperazine rings is 1. The second kappa shape index (κ2) is 7.06. The van der Waals surface area contributed by atoms with Crippen LogP contribution in [0.1, 0.15) is 24.6 Å². The summed E-state index contributed by atoms with van der Waals surface area (Å²) in [5.41, 5.74) is 3.57. The second-order valence-corrected chi connectivity index (χ2v) is 7.02. The summed E-state index contributed by atoms with van der Waals surface area (Å²) >= 11 is 0. The molecule has 25 heavy (non-hydrogen) atoms. The highest BCUT2D eigenvalue weighted by atomic mass is 16.3. The van der Waals surface area contributed by atoms with Crippen LogP contribution in [0.5, 0.6) is 0 Å². The van der Waals surface area contributed by atoms with Gasteiger partial charge in [-0.25, -0.2) is 9.97 Å². The van der Waals surface area contributed by atoms with E-state index in [9.17, 15) is 5.11 Å². The molecule has 0 spiro atoms. The van der Waals surface area contributed by atoms with Crippen molar-refractivity contribution >= 4 is 5.82 Å². The third-order valence-corrected chi connectivity index (χ3v) is 5.04. The molecule has 1 fully saturated rings. The predicted octanol–water partition coefficient (Wildman–Crippen LogP) is 1.53. The zero-order chi connectivity index (χ0) is 17.2. The molecule has 6 nitrogen and oxygen atoms in total. The fraction of sp³-hybridized carbons (Fsp3) is 0.526. The maximum absolute atomic E-state index is 9.60. The molecule has 1 saturated heterocycles.